The molecular formula is C42H27NS3. The van der Waals surface area contributed by atoms with Gasteiger partial charge in [0.2, 0.25) is 0 Å². The van der Waals surface area contributed by atoms with Crippen molar-refractivity contribution < 1.29 is 0 Å². The normalized spacial score (nSPS) is 11.5. The maximum atomic E-state index is 2.36. The van der Waals surface area contributed by atoms with Gasteiger partial charge in [-0.25, -0.2) is 0 Å². The van der Waals surface area contributed by atoms with E-state index in [-0.39, 0.29) is 0 Å². The van der Waals surface area contributed by atoms with Gasteiger partial charge < -0.3 is 4.90 Å². The van der Waals surface area contributed by atoms with Crippen LogP contribution in [0, 0.1) is 0 Å². The molecular weight excluding hydrogens is 615 g/mol. The number of rotatable bonds is 6. The van der Waals surface area contributed by atoms with Gasteiger partial charge in [-0.1, -0.05) is 91.0 Å². The Kier molecular flexibility index (Phi) is 6.78. The van der Waals surface area contributed by atoms with E-state index >= 15 is 0 Å². The molecule has 0 saturated heterocycles. The van der Waals surface area contributed by atoms with E-state index in [4.69, 9.17) is 0 Å². The Morgan fingerprint density at radius 3 is 0.870 bits per heavy atom. The fraction of sp³-hybridized carbons (Fsp3) is 0. The molecule has 0 radical (unpaired) electrons. The lowest BCUT2D eigenvalue weighted by Crippen LogP contribution is -2.09. The third kappa shape index (κ3) is 5.01. The van der Waals surface area contributed by atoms with Gasteiger partial charge in [0.15, 0.2) is 0 Å². The molecule has 0 aliphatic rings. The summed E-state index contributed by atoms with van der Waals surface area (Å²) < 4.78 is 3.96. The molecule has 0 aliphatic carbocycles. The second kappa shape index (κ2) is 11.4. The maximum absolute atomic E-state index is 2.36. The summed E-state index contributed by atoms with van der Waals surface area (Å²) in [4.78, 5) is 6.23. The van der Waals surface area contributed by atoms with E-state index in [9.17, 15) is 0 Å². The van der Waals surface area contributed by atoms with Crippen LogP contribution in [0.2, 0.25) is 0 Å². The van der Waals surface area contributed by atoms with Crippen LogP contribution in [0.1, 0.15) is 0 Å². The van der Waals surface area contributed by atoms with Crippen molar-refractivity contribution in [1.29, 1.82) is 0 Å². The van der Waals surface area contributed by atoms with Crippen molar-refractivity contribution in [3.05, 3.63) is 164 Å². The fourth-order valence-corrected chi connectivity index (χ4v) is 9.35. The summed E-state index contributed by atoms with van der Waals surface area (Å²) in [7, 11) is 0. The summed E-state index contributed by atoms with van der Waals surface area (Å²) in [5.41, 5.74) is 7.12. The first-order valence-corrected chi connectivity index (χ1v) is 17.8. The van der Waals surface area contributed by atoms with Crippen LogP contribution < -0.4 is 4.90 Å². The van der Waals surface area contributed by atoms with Crippen molar-refractivity contribution in [2.24, 2.45) is 0 Å². The third-order valence-electron chi connectivity index (χ3n) is 8.51. The standard InChI is InChI=1S/C42H27NS3/c1-4-10-37-31(7-1)25-40(44-37)28-13-19-34(20-14-28)43(35-21-15-29(16-22-35)41-26-32-8-2-5-11-38(32)45-41)36-23-17-30(18-24-36)42-27-33-9-3-6-12-39(33)46-42/h1-27H. The Labute approximate surface area is 279 Å². The smallest absolute Gasteiger partial charge is 0.0462 e. The lowest BCUT2D eigenvalue weighted by Gasteiger charge is -2.26. The minimum Gasteiger partial charge on any atom is -0.311 e. The molecule has 46 heavy (non-hydrogen) atoms. The Morgan fingerprint density at radius 1 is 0.304 bits per heavy atom. The molecule has 0 N–H and O–H groups in total. The quantitative estimate of drug-likeness (QED) is 0.175. The summed E-state index contributed by atoms with van der Waals surface area (Å²) >= 11 is 5.54. The first-order chi connectivity index (χ1) is 22.7. The molecule has 6 aromatic carbocycles. The van der Waals surface area contributed by atoms with Crippen molar-refractivity contribution in [3.8, 4) is 31.3 Å². The number of thiophene rings is 3. The molecule has 218 valence electrons. The zero-order chi connectivity index (χ0) is 30.5. The second-order valence-corrected chi connectivity index (χ2v) is 14.7. The van der Waals surface area contributed by atoms with E-state index < -0.39 is 0 Å². The van der Waals surface area contributed by atoms with Crippen LogP contribution in [-0.4, -0.2) is 0 Å². The highest BCUT2D eigenvalue weighted by molar-refractivity contribution is 7.23. The maximum Gasteiger partial charge on any atom is 0.0462 e. The van der Waals surface area contributed by atoms with E-state index in [0.717, 1.165) is 17.1 Å². The number of anilines is 3. The van der Waals surface area contributed by atoms with E-state index in [1.165, 1.54) is 61.6 Å². The molecule has 4 heteroatoms. The largest absolute Gasteiger partial charge is 0.311 e. The third-order valence-corrected chi connectivity index (χ3v) is 12.0. The van der Waals surface area contributed by atoms with Gasteiger partial charge >= 0.3 is 0 Å². The van der Waals surface area contributed by atoms with Crippen molar-refractivity contribution in [1.82, 2.24) is 0 Å². The van der Waals surface area contributed by atoms with Gasteiger partial charge in [0.1, 0.15) is 0 Å². The van der Waals surface area contributed by atoms with Gasteiger partial charge in [-0.15, -0.1) is 34.0 Å². The van der Waals surface area contributed by atoms with Gasteiger partial charge in [-0.3, -0.25) is 0 Å². The molecule has 0 fully saturated rings. The molecule has 0 atom stereocenters. The number of benzene rings is 6. The fourth-order valence-electron chi connectivity index (χ4n) is 6.14. The average molecular weight is 642 g/mol. The summed E-state index contributed by atoms with van der Waals surface area (Å²) in [5, 5.41) is 3.89. The van der Waals surface area contributed by atoms with Gasteiger partial charge in [0.05, 0.1) is 0 Å². The highest BCUT2D eigenvalue weighted by Crippen LogP contribution is 2.41. The minimum atomic E-state index is 1.13. The van der Waals surface area contributed by atoms with E-state index in [0.29, 0.717) is 0 Å². The average Bonchev–Trinajstić information content (AvgIpc) is 3.86. The van der Waals surface area contributed by atoms with Crippen LogP contribution in [0.3, 0.4) is 0 Å². The van der Waals surface area contributed by atoms with Crippen LogP contribution >= 0.6 is 34.0 Å². The highest BCUT2D eigenvalue weighted by Gasteiger charge is 2.15. The Hall–Kier alpha value is -5.00. The van der Waals surface area contributed by atoms with Crippen molar-refractivity contribution in [3.63, 3.8) is 0 Å². The molecule has 0 spiro atoms. The molecule has 0 unspecified atom stereocenters. The first kappa shape index (κ1) is 27.3. The molecule has 0 amide bonds. The van der Waals surface area contributed by atoms with Crippen LogP contribution in [0.4, 0.5) is 17.1 Å². The predicted octanol–water partition coefficient (Wildman–Crippen LogP) is 13.8. The SMILES string of the molecule is c1ccc2sc(-c3ccc(N(c4ccc(-c5cc6ccccc6s5)cc4)c4ccc(-c5cc6ccccc6s5)cc4)cc3)cc2c1. The minimum absolute atomic E-state index is 1.13. The Bertz CT molecular complexity index is 2080. The number of hydrogen-bond donors (Lipinski definition) is 0. The van der Waals surface area contributed by atoms with Gasteiger partial charge in [0.25, 0.3) is 0 Å². The number of fused-ring (bicyclic) bond motifs is 3. The Balaban J connectivity index is 1.09. The molecule has 0 aliphatic heterocycles. The highest BCUT2D eigenvalue weighted by atomic mass is 32.1. The van der Waals surface area contributed by atoms with E-state index in [2.05, 4.69) is 169 Å². The van der Waals surface area contributed by atoms with E-state index in [1.54, 1.807) is 0 Å². The van der Waals surface area contributed by atoms with Crippen LogP contribution in [-0.2, 0) is 0 Å². The number of hydrogen-bond acceptors (Lipinski definition) is 4. The summed E-state index contributed by atoms with van der Waals surface area (Å²) in [5.74, 6) is 0. The summed E-state index contributed by atoms with van der Waals surface area (Å²) in [6, 6.07) is 59.8. The van der Waals surface area contributed by atoms with Gasteiger partial charge in [0, 0.05) is 45.8 Å². The molecule has 9 aromatic rings. The molecule has 3 aromatic heterocycles. The summed E-state index contributed by atoms with van der Waals surface area (Å²) in [6.07, 6.45) is 0. The van der Waals surface area contributed by atoms with Crippen LogP contribution in [0.25, 0.3) is 61.6 Å². The van der Waals surface area contributed by atoms with Crippen LogP contribution in [0.15, 0.2) is 164 Å². The Morgan fingerprint density at radius 2 is 0.587 bits per heavy atom. The van der Waals surface area contributed by atoms with Gasteiger partial charge in [-0.05, 0) is 106 Å². The van der Waals surface area contributed by atoms with Gasteiger partial charge in [-0.2, -0.15) is 0 Å². The molecule has 1 nitrogen and oxygen atoms in total. The van der Waals surface area contributed by atoms with E-state index in [1.807, 2.05) is 34.0 Å². The molecule has 9 rings (SSSR count). The monoisotopic (exact) mass is 641 g/mol. The molecule has 3 heterocycles. The molecule has 0 bridgehead atoms. The zero-order valence-corrected chi connectivity index (χ0v) is 27.2. The van der Waals surface area contributed by atoms with Crippen LogP contribution in [0.5, 0.6) is 0 Å². The lowest BCUT2D eigenvalue weighted by molar-refractivity contribution is 1.28. The predicted molar refractivity (Wildman–Crippen MR) is 204 cm³/mol. The first-order valence-electron chi connectivity index (χ1n) is 15.3. The second-order valence-electron chi connectivity index (χ2n) is 11.4. The van der Waals surface area contributed by atoms with Crippen molar-refractivity contribution in [2.75, 3.05) is 4.90 Å². The lowest BCUT2D eigenvalue weighted by atomic mass is 10.1. The summed E-state index contributed by atoms with van der Waals surface area (Å²) in [6.45, 7) is 0. The molecule has 0 saturated carbocycles. The topological polar surface area (TPSA) is 3.24 Å². The van der Waals surface area contributed by atoms with Crippen molar-refractivity contribution in [2.45, 2.75) is 0 Å². The number of nitrogens with zero attached hydrogens (tertiary/aromatic N) is 1. The zero-order valence-electron chi connectivity index (χ0n) is 24.8. The van der Waals surface area contributed by atoms with Crippen molar-refractivity contribution >= 4 is 81.3 Å².